The van der Waals surface area contributed by atoms with Crippen molar-refractivity contribution in [3.8, 4) is 11.5 Å². The summed E-state index contributed by atoms with van der Waals surface area (Å²) in [6, 6.07) is 2.79. The average molecular weight is 354 g/mol. The SMILES string of the molecule is COC(=O)c1ccc(OCCCN2CCOCC2)c(OC)c1[N+](=O)[O-]. The largest absolute Gasteiger partial charge is 0.489 e. The van der Waals surface area contributed by atoms with Crippen molar-refractivity contribution >= 4 is 11.7 Å². The van der Waals surface area contributed by atoms with Gasteiger partial charge in [0.15, 0.2) is 5.75 Å². The van der Waals surface area contributed by atoms with Crippen LogP contribution in [0.2, 0.25) is 0 Å². The Labute approximate surface area is 145 Å². The third-order valence-electron chi connectivity index (χ3n) is 3.87. The van der Waals surface area contributed by atoms with E-state index in [9.17, 15) is 14.9 Å². The smallest absolute Gasteiger partial charge is 0.345 e. The molecule has 9 heteroatoms. The van der Waals surface area contributed by atoms with Crippen LogP contribution in [0.3, 0.4) is 0 Å². The lowest BCUT2D eigenvalue weighted by atomic mass is 10.1. The number of carbonyl (C=O) groups is 1. The fourth-order valence-corrected chi connectivity index (χ4v) is 2.61. The molecule has 0 atom stereocenters. The Morgan fingerprint density at radius 2 is 2.04 bits per heavy atom. The molecule has 0 saturated carbocycles. The number of carbonyl (C=O) groups excluding carboxylic acids is 1. The lowest BCUT2D eigenvalue weighted by Gasteiger charge is -2.26. The maximum atomic E-state index is 11.7. The van der Waals surface area contributed by atoms with Gasteiger partial charge < -0.3 is 18.9 Å². The number of morpholine rings is 1. The Hall–Kier alpha value is -2.39. The van der Waals surface area contributed by atoms with Gasteiger partial charge in [0.25, 0.3) is 0 Å². The zero-order chi connectivity index (χ0) is 18.2. The van der Waals surface area contributed by atoms with Crippen LogP contribution < -0.4 is 9.47 Å². The summed E-state index contributed by atoms with van der Waals surface area (Å²) in [6.45, 7) is 4.48. The quantitative estimate of drug-likeness (QED) is 0.300. The van der Waals surface area contributed by atoms with Crippen molar-refractivity contribution < 1.29 is 28.7 Å². The normalized spacial score (nSPS) is 14.8. The summed E-state index contributed by atoms with van der Waals surface area (Å²) in [7, 11) is 2.46. The van der Waals surface area contributed by atoms with Gasteiger partial charge in [0, 0.05) is 19.6 Å². The van der Waals surface area contributed by atoms with Gasteiger partial charge >= 0.3 is 11.7 Å². The number of rotatable bonds is 8. The first-order chi connectivity index (χ1) is 12.1. The average Bonchev–Trinajstić information content (AvgIpc) is 2.64. The summed E-state index contributed by atoms with van der Waals surface area (Å²) in [4.78, 5) is 24.7. The lowest BCUT2D eigenvalue weighted by molar-refractivity contribution is -0.386. The van der Waals surface area contributed by atoms with E-state index < -0.39 is 16.6 Å². The maximum absolute atomic E-state index is 11.7. The van der Waals surface area contributed by atoms with Gasteiger partial charge in [-0.2, -0.15) is 0 Å². The fraction of sp³-hybridized carbons (Fsp3) is 0.562. The van der Waals surface area contributed by atoms with Crippen LogP contribution in [0.4, 0.5) is 5.69 Å². The molecule has 1 aromatic carbocycles. The highest BCUT2D eigenvalue weighted by atomic mass is 16.6. The molecule has 1 heterocycles. The van der Waals surface area contributed by atoms with Gasteiger partial charge in [0.2, 0.25) is 5.75 Å². The summed E-state index contributed by atoms with van der Waals surface area (Å²) in [5.41, 5.74) is -0.634. The van der Waals surface area contributed by atoms with Gasteiger partial charge in [-0.05, 0) is 18.6 Å². The van der Waals surface area contributed by atoms with Crippen molar-refractivity contribution in [1.29, 1.82) is 0 Å². The second kappa shape index (κ2) is 9.19. The second-order valence-corrected chi connectivity index (χ2v) is 5.40. The zero-order valence-electron chi connectivity index (χ0n) is 14.4. The van der Waals surface area contributed by atoms with Crippen LogP contribution >= 0.6 is 0 Å². The van der Waals surface area contributed by atoms with Gasteiger partial charge in [-0.25, -0.2) is 4.79 Å². The number of hydrogen-bond donors (Lipinski definition) is 0. The van der Waals surface area contributed by atoms with Crippen LogP contribution in [0.25, 0.3) is 0 Å². The minimum Gasteiger partial charge on any atom is -0.489 e. The highest BCUT2D eigenvalue weighted by molar-refractivity contribution is 5.95. The molecule has 0 bridgehead atoms. The van der Waals surface area contributed by atoms with Gasteiger partial charge in [-0.3, -0.25) is 15.0 Å². The van der Waals surface area contributed by atoms with Crippen molar-refractivity contribution in [2.24, 2.45) is 0 Å². The van der Waals surface area contributed by atoms with Crippen LogP contribution in [0, 0.1) is 10.1 Å². The van der Waals surface area contributed by atoms with Crippen LogP contribution in [-0.2, 0) is 9.47 Å². The molecule has 0 amide bonds. The van der Waals surface area contributed by atoms with E-state index in [0.29, 0.717) is 6.61 Å². The van der Waals surface area contributed by atoms with E-state index in [1.165, 1.54) is 19.2 Å². The van der Waals surface area contributed by atoms with Crippen LogP contribution in [0.15, 0.2) is 12.1 Å². The molecule has 0 aromatic heterocycles. The third-order valence-corrected chi connectivity index (χ3v) is 3.87. The first-order valence-electron chi connectivity index (χ1n) is 7.95. The summed E-state index contributed by atoms with van der Waals surface area (Å²) >= 11 is 0. The summed E-state index contributed by atoms with van der Waals surface area (Å²) in [5.74, 6) is -0.660. The first-order valence-corrected chi connectivity index (χ1v) is 7.95. The molecule has 1 fully saturated rings. The number of esters is 1. The van der Waals surface area contributed by atoms with E-state index in [4.69, 9.17) is 14.2 Å². The fourth-order valence-electron chi connectivity index (χ4n) is 2.61. The lowest BCUT2D eigenvalue weighted by Crippen LogP contribution is -2.37. The highest BCUT2D eigenvalue weighted by Crippen LogP contribution is 2.39. The molecule has 138 valence electrons. The number of ether oxygens (including phenoxy) is 4. The Morgan fingerprint density at radius 1 is 1.32 bits per heavy atom. The van der Waals surface area contributed by atoms with Crippen LogP contribution in [0.1, 0.15) is 16.8 Å². The summed E-state index contributed by atoms with van der Waals surface area (Å²) in [6.07, 6.45) is 0.760. The van der Waals surface area contributed by atoms with E-state index in [2.05, 4.69) is 9.64 Å². The number of nitro benzene ring substituents is 1. The van der Waals surface area contributed by atoms with Crippen LogP contribution in [0.5, 0.6) is 11.5 Å². The Balaban J connectivity index is 2.05. The van der Waals surface area contributed by atoms with E-state index in [1.807, 2.05) is 0 Å². The molecule has 9 nitrogen and oxygen atoms in total. The number of nitrogens with zero attached hydrogens (tertiary/aromatic N) is 2. The monoisotopic (exact) mass is 354 g/mol. The standard InChI is InChI=1S/C16H22N2O7/c1-22-15-13(25-9-3-6-17-7-10-24-11-8-17)5-4-12(16(19)23-2)14(15)18(20)21/h4-5H,3,6-11H2,1-2H3. The predicted octanol–water partition coefficient (Wildman–Crippen LogP) is 1.49. The molecular formula is C16H22N2O7. The Morgan fingerprint density at radius 3 is 2.64 bits per heavy atom. The minimum atomic E-state index is -0.802. The molecule has 2 rings (SSSR count). The molecule has 0 spiro atoms. The molecule has 1 saturated heterocycles. The van der Waals surface area contributed by atoms with Crippen molar-refractivity contribution in [2.45, 2.75) is 6.42 Å². The van der Waals surface area contributed by atoms with Crippen molar-refractivity contribution in [2.75, 3.05) is 53.7 Å². The third kappa shape index (κ3) is 4.80. The van der Waals surface area contributed by atoms with Gasteiger partial charge in [-0.15, -0.1) is 0 Å². The maximum Gasteiger partial charge on any atom is 0.345 e. The predicted molar refractivity (Wildman–Crippen MR) is 88.4 cm³/mol. The van der Waals surface area contributed by atoms with Gasteiger partial charge in [-0.1, -0.05) is 0 Å². The first kappa shape index (κ1) is 18.9. The molecule has 0 N–H and O–H groups in total. The molecule has 0 aliphatic carbocycles. The molecule has 1 aliphatic heterocycles. The molecule has 25 heavy (non-hydrogen) atoms. The molecular weight excluding hydrogens is 332 g/mol. The molecule has 0 radical (unpaired) electrons. The van der Waals surface area contributed by atoms with Crippen LogP contribution in [-0.4, -0.2) is 69.5 Å². The number of methoxy groups -OCH3 is 2. The van der Waals surface area contributed by atoms with Gasteiger partial charge in [0.1, 0.15) is 5.56 Å². The molecule has 1 aromatic rings. The Bertz CT molecular complexity index is 615. The van der Waals surface area contributed by atoms with E-state index in [-0.39, 0.29) is 17.1 Å². The zero-order valence-corrected chi connectivity index (χ0v) is 14.4. The van der Waals surface area contributed by atoms with Crippen molar-refractivity contribution in [1.82, 2.24) is 4.90 Å². The molecule has 1 aliphatic rings. The number of benzene rings is 1. The number of nitro groups is 1. The molecule has 0 unspecified atom stereocenters. The highest BCUT2D eigenvalue weighted by Gasteiger charge is 2.29. The van der Waals surface area contributed by atoms with E-state index >= 15 is 0 Å². The Kier molecular flexibility index (Phi) is 6.96. The topological polar surface area (TPSA) is 100 Å². The minimum absolute atomic E-state index is 0.0840. The summed E-state index contributed by atoms with van der Waals surface area (Å²) < 4.78 is 20.6. The van der Waals surface area contributed by atoms with Crippen molar-refractivity contribution in [3.05, 3.63) is 27.8 Å². The summed E-state index contributed by atoms with van der Waals surface area (Å²) in [5, 5.41) is 11.4. The number of hydrogen-bond acceptors (Lipinski definition) is 8. The van der Waals surface area contributed by atoms with E-state index in [0.717, 1.165) is 46.4 Å². The van der Waals surface area contributed by atoms with Gasteiger partial charge in [0.05, 0.1) is 39.0 Å². The second-order valence-electron chi connectivity index (χ2n) is 5.40. The van der Waals surface area contributed by atoms with E-state index in [1.54, 1.807) is 0 Å². The van der Waals surface area contributed by atoms with Crippen molar-refractivity contribution in [3.63, 3.8) is 0 Å².